The van der Waals surface area contributed by atoms with Gasteiger partial charge in [0, 0.05) is 6.42 Å². The minimum absolute atomic E-state index is 0.196. The molecule has 0 atom stereocenters. The molecule has 156 valence electrons. The lowest BCUT2D eigenvalue weighted by molar-refractivity contribution is -0.116. The van der Waals surface area contributed by atoms with Gasteiger partial charge >= 0.3 is 5.97 Å². The molecule has 1 N–H and O–H groups in total. The molecule has 0 aliphatic rings. The maximum absolute atomic E-state index is 12.5. The van der Waals surface area contributed by atoms with Gasteiger partial charge in [-0.2, -0.15) is 5.10 Å². The minimum Gasteiger partial charge on any atom is -0.492 e. The lowest BCUT2D eigenvalue weighted by Gasteiger charge is -2.11. The van der Waals surface area contributed by atoms with Gasteiger partial charge in [0.1, 0.15) is 11.3 Å². The maximum atomic E-state index is 12.5. The van der Waals surface area contributed by atoms with Crippen molar-refractivity contribution in [1.29, 1.82) is 0 Å². The molecule has 3 rings (SSSR count). The summed E-state index contributed by atoms with van der Waals surface area (Å²) in [5.41, 5.74) is 0.909. The smallest absolute Gasteiger partial charge is 0.343 e. The number of benzene rings is 2. The van der Waals surface area contributed by atoms with Gasteiger partial charge < -0.3 is 14.8 Å². The Morgan fingerprint density at radius 2 is 1.83 bits per heavy atom. The highest BCUT2D eigenvalue weighted by atomic mass is 35.5. The first-order valence-electron chi connectivity index (χ1n) is 9.58. The van der Waals surface area contributed by atoms with E-state index < -0.39 is 5.97 Å². The molecule has 0 radical (unpaired) electrons. The highest BCUT2D eigenvalue weighted by Gasteiger charge is 2.21. The second-order valence-corrected chi connectivity index (χ2v) is 6.71. The lowest BCUT2D eigenvalue weighted by atomic mass is 10.2. The molecule has 0 bridgehead atoms. The van der Waals surface area contributed by atoms with Crippen LogP contribution >= 0.6 is 11.6 Å². The monoisotopic (exact) mass is 427 g/mol. The van der Waals surface area contributed by atoms with Crippen molar-refractivity contribution in [3.05, 3.63) is 71.4 Å². The van der Waals surface area contributed by atoms with Gasteiger partial charge in [0.05, 0.1) is 30.1 Å². The van der Waals surface area contributed by atoms with Crippen molar-refractivity contribution < 1.29 is 19.1 Å². The van der Waals surface area contributed by atoms with E-state index >= 15 is 0 Å². The highest BCUT2D eigenvalue weighted by molar-refractivity contribution is 6.32. The summed E-state index contributed by atoms with van der Waals surface area (Å²) < 4.78 is 12.2. The van der Waals surface area contributed by atoms with Gasteiger partial charge in [-0.25, -0.2) is 9.48 Å². The van der Waals surface area contributed by atoms with Crippen molar-refractivity contribution >= 4 is 29.3 Å². The van der Waals surface area contributed by atoms with Gasteiger partial charge in [-0.05, 0) is 37.6 Å². The van der Waals surface area contributed by atoms with Crippen LogP contribution in [0.25, 0.3) is 5.69 Å². The minimum atomic E-state index is -0.544. The number of nitrogens with zero attached hydrogens (tertiary/aromatic N) is 2. The number of hydrogen-bond acceptors (Lipinski definition) is 5. The predicted octanol–water partition coefficient (Wildman–Crippen LogP) is 4.50. The molecule has 8 heteroatoms. The second-order valence-electron chi connectivity index (χ2n) is 6.31. The van der Waals surface area contributed by atoms with E-state index in [0.29, 0.717) is 29.5 Å². The molecule has 3 aromatic rings. The summed E-state index contributed by atoms with van der Waals surface area (Å²) in [5.74, 6) is 0.0426. The molecule has 0 fully saturated rings. The largest absolute Gasteiger partial charge is 0.492 e. The third-order valence-electron chi connectivity index (χ3n) is 4.17. The van der Waals surface area contributed by atoms with E-state index in [9.17, 15) is 9.59 Å². The summed E-state index contributed by atoms with van der Waals surface area (Å²) in [6.07, 6.45) is 2.07. The SMILES string of the molecule is CCOC(=O)c1cnn(-c2ccccc2)c1NC(=O)CCCOc1ccccc1Cl. The zero-order valence-electron chi connectivity index (χ0n) is 16.5. The Labute approximate surface area is 179 Å². The fraction of sp³-hybridized carbons (Fsp3) is 0.227. The van der Waals surface area contributed by atoms with E-state index in [1.807, 2.05) is 42.5 Å². The fourth-order valence-corrected chi connectivity index (χ4v) is 2.95. The Morgan fingerprint density at radius 3 is 2.57 bits per heavy atom. The standard InChI is InChI=1S/C22H22ClN3O4/c1-2-29-22(28)17-15-24-26(16-9-4-3-5-10-16)21(17)25-20(27)13-8-14-30-19-12-7-6-11-18(19)23/h3-7,9-12,15H,2,8,13-14H2,1H3,(H,25,27). The summed E-state index contributed by atoms with van der Waals surface area (Å²) in [6.45, 7) is 2.28. The predicted molar refractivity (Wildman–Crippen MR) is 114 cm³/mol. The number of halogens is 1. The first kappa shape index (κ1) is 21.4. The van der Waals surface area contributed by atoms with Crippen molar-refractivity contribution in [2.75, 3.05) is 18.5 Å². The molecular weight excluding hydrogens is 406 g/mol. The van der Waals surface area contributed by atoms with E-state index in [-0.39, 0.29) is 30.3 Å². The van der Waals surface area contributed by atoms with Gasteiger partial charge in [-0.15, -0.1) is 0 Å². The van der Waals surface area contributed by atoms with Crippen molar-refractivity contribution in [2.24, 2.45) is 0 Å². The zero-order valence-corrected chi connectivity index (χ0v) is 17.3. The molecule has 30 heavy (non-hydrogen) atoms. The second kappa shape index (κ2) is 10.5. The van der Waals surface area contributed by atoms with Gasteiger partial charge in [0.25, 0.3) is 0 Å². The number of carbonyl (C=O) groups is 2. The van der Waals surface area contributed by atoms with Crippen LogP contribution in [0.5, 0.6) is 5.75 Å². The van der Waals surface area contributed by atoms with Crippen molar-refractivity contribution in [3.8, 4) is 11.4 Å². The van der Waals surface area contributed by atoms with Crippen molar-refractivity contribution in [2.45, 2.75) is 19.8 Å². The molecule has 0 aliphatic carbocycles. The Kier molecular flexibility index (Phi) is 7.45. The number of anilines is 1. The van der Waals surface area contributed by atoms with Crippen LogP contribution in [-0.4, -0.2) is 34.9 Å². The summed E-state index contributed by atoms with van der Waals surface area (Å²) in [6, 6.07) is 16.4. The number of ether oxygens (including phenoxy) is 2. The normalized spacial score (nSPS) is 10.5. The van der Waals surface area contributed by atoms with Gasteiger partial charge in [-0.3, -0.25) is 4.79 Å². The van der Waals surface area contributed by atoms with Crippen LogP contribution < -0.4 is 10.1 Å². The van der Waals surface area contributed by atoms with E-state index in [2.05, 4.69) is 10.4 Å². The van der Waals surface area contributed by atoms with Crippen LogP contribution in [-0.2, 0) is 9.53 Å². The molecule has 0 saturated heterocycles. The molecule has 0 unspecified atom stereocenters. The van der Waals surface area contributed by atoms with Gasteiger partial charge in [0.15, 0.2) is 5.82 Å². The van der Waals surface area contributed by atoms with Gasteiger partial charge in [0.2, 0.25) is 5.91 Å². The average molecular weight is 428 g/mol. The number of hydrogen-bond donors (Lipinski definition) is 1. The van der Waals surface area contributed by atoms with Crippen LogP contribution in [0.15, 0.2) is 60.8 Å². The van der Waals surface area contributed by atoms with Crippen LogP contribution in [0.1, 0.15) is 30.1 Å². The van der Waals surface area contributed by atoms with E-state index in [1.165, 1.54) is 10.9 Å². The number of amides is 1. The van der Waals surface area contributed by atoms with Crippen molar-refractivity contribution in [3.63, 3.8) is 0 Å². The molecule has 1 amide bonds. The number of rotatable bonds is 9. The molecule has 0 saturated carbocycles. The van der Waals surface area contributed by atoms with Crippen LogP contribution in [0.4, 0.5) is 5.82 Å². The van der Waals surface area contributed by atoms with Crippen LogP contribution in [0, 0.1) is 0 Å². The fourth-order valence-electron chi connectivity index (χ4n) is 2.76. The molecular formula is C22H22ClN3O4. The molecule has 2 aromatic carbocycles. The Bertz CT molecular complexity index is 1000. The van der Waals surface area contributed by atoms with Crippen LogP contribution in [0.2, 0.25) is 5.02 Å². The Hall–Kier alpha value is -3.32. The quantitative estimate of drug-likeness (QED) is 0.401. The third kappa shape index (κ3) is 5.39. The topological polar surface area (TPSA) is 82.5 Å². The summed E-state index contributed by atoms with van der Waals surface area (Å²) in [4.78, 5) is 24.8. The third-order valence-corrected chi connectivity index (χ3v) is 4.48. The first-order chi connectivity index (χ1) is 14.6. The molecule has 0 aliphatic heterocycles. The number of aromatic nitrogens is 2. The van der Waals surface area contributed by atoms with E-state index in [0.717, 1.165) is 0 Å². The molecule has 1 heterocycles. The summed E-state index contributed by atoms with van der Waals surface area (Å²) in [5, 5.41) is 7.56. The van der Waals surface area contributed by atoms with E-state index in [1.54, 1.807) is 19.1 Å². The van der Waals surface area contributed by atoms with Gasteiger partial charge in [-0.1, -0.05) is 41.9 Å². The average Bonchev–Trinajstić information content (AvgIpc) is 3.16. The zero-order chi connectivity index (χ0) is 21.3. The number of esters is 1. The first-order valence-corrected chi connectivity index (χ1v) is 9.95. The van der Waals surface area contributed by atoms with Crippen molar-refractivity contribution in [1.82, 2.24) is 9.78 Å². The summed E-state index contributed by atoms with van der Waals surface area (Å²) >= 11 is 6.05. The summed E-state index contributed by atoms with van der Waals surface area (Å²) in [7, 11) is 0. The Morgan fingerprint density at radius 1 is 1.10 bits per heavy atom. The highest BCUT2D eigenvalue weighted by Crippen LogP contribution is 2.24. The lowest BCUT2D eigenvalue weighted by Crippen LogP contribution is -2.18. The number of para-hydroxylation sites is 2. The molecule has 1 aromatic heterocycles. The maximum Gasteiger partial charge on any atom is 0.343 e. The van der Waals surface area contributed by atoms with E-state index in [4.69, 9.17) is 21.1 Å². The number of nitrogens with one attached hydrogen (secondary N) is 1. The number of carbonyl (C=O) groups excluding carboxylic acids is 2. The van der Waals surface area contributed by atoms with Crippen LogP contribution in [0.3, 0.4) is 0 Å². The Balaban J connectivity index is 1.66. The molecule has 7 nitrogen and oxygen atoms in total. The molecule has 0 spiro atoms.